The van der Waals surface area contributed by atoms with Crippen LogP contribution in [0, 0.1) is 0 Å². The maximum absolute atomic E-state index is 12.1. The maximum atomic E-state index is 12.1. The number of nitrogens with two attached hydrogens (primary N) is 1. The zero-order valence-electron chi connectivity index (χ0n) is 11.6. The first-order chi connectivity index (χ1) is 9.76. The number of carbonyl (C=O) groups is 1. The molecule has 0 aliphatic heterocycles. The van der Waals surface area contributed by atoms with Crippen LogP contribution >= 0.6 is 0 Å². The third kappa shape index (κ3) is 3.24. The first kappa shape index (κ1) is 14.3. The van der Waals surface area contributed by atoms with E-state index in [0.717, 1.165) is 11.1 Å². The molecule has 1 heterocycles. The predicted octanol–water partition coefficient (Wildman–Crippen LogP) is 1.61. The summed E-state index contributed by atoms with van der Waals surface area (Å²) in [6.45, 7) is 3.07. The van der Waals surface area contributed by atoms with Crippen molar-refractivity contribution in [3.63, 3.8) is 0 Å². The van der Waals surface area contributed by atoms with E-state index in [-0.39, 0.29) is 5.97 Å². The quantitative estimate of drug-likeness (QED) is 0.812. The summed E-state index contributed by atoms with van der Waals surface area (Å²) in [6, 6.07) is 9.96. The van der Waals surface area contributed by atoms with Crippen molar-refractivity contribution in [2.45, 2.75) is 19.9 Å². The third-order valence-corrected chi connectivity index (χ3v) is 2.96. The van der Waals surface area contributed by atoms with Crippen LogP contribution in [0.15, 0.2) is 36.5 Å². The van der Waals surface area contributed by atoms with Crippen LogP contribution in [0.2, 0.25) is 0 Å². The van der Waals surface area contributed by atoms with Crippen LogP contribution in [0.3, 0.4) is 0 Å². The Morgan fingerprint density at radius 2 is 2.10 bits per heavy atom. The van der Waals surface area contributed by atoms with Gasteiger partial charge in [0.05, 0.1) is 19.3 Å². The Morgan fingerprint density at radius 3 is 2.75 bits per heavy atom. The Kier molecular flexibility index (Phi) is 4.90. The van der Waals surface area contributed by atoms with Crippen LogP contribution in [0.25, 0.3) is 0 Å². The maximum Gasteiger partial charge on any atom is 0.356 e. The summed E-state index contributed by atoms with van der Waals surface area (Å²) in [5.74, 6) is -0.343. The molecule has 0 amide bonds. The highest BCUT2D eigenvalue weighted by atomic mass is 16.5. The minimum absolute atomic E-state index is 0.343. The second-order valence-electron chi connectivity index (χ2n) is 4.41. The highest BCUT2D eigenvalue weighted by molar-refractivity contribution is 5.89. The molecule has 0 aliphatic carbocycles. The monoisotopic (exact) mass is 273 g/mol. The molecule has 5 heteroatoms. The highest BCUT2D eigenvalue weighted by Crippen LogP contribution is 2.15. The van der Waals surface area contributed by atoms with Gasteiger partial charge >= 0.3 is 5.97 Å². The molecule has 0 saturated heterocycles. The van der Waals surface area contributed by atoms with E-state index in [1.165, 1.54) is 0 Å². The number of rotatable bonds is 6. The number of benzene rings is 1. The molecule has 0 unspecified atom stereocenters. The lowest BCUT2D eigenvalue weighted by molar-refractivity contribution is 0.0511. The van der Waals surface area contributed by atoms with E-state index in [1.54, 1.807) is 17.8 Å². The second-order valence-corrected chi connectivity index (χ2v) is 4.41. The molecule has 2 rings (SSSR count). The lowest BCUT2D eigenvalue weighted by atomic mass is 10.1. The third-order valence-electron chi connectivity index (χ3n) is 2.96. The van der Waals surface area contributed by atoms with Crippen LogP contribution in [0.4, 0.5) is 0 Å². The Morgan fingerprint density at radius 1 is 1.35 bits per heavy atom. The summed E-state index contributed by atoms with van der Waals surface area (Å²) in [5.41, 5.74) is 8.05. The largest absolute Gasteiger partial charge is 0.461 e. The van der Waals surface area contributed by atoms with Crippen LogP contribution in [-0.2, 0) is 17.7 Å². The minimum Gasteiger partial charge on any atom is -0.461 e. The van der Waals surface area contributed by atoms with Crippen LogP contribution in [0.1, 0.15) is 28.5 Å². The average Bonchev–Trinajstić information content (AvgIpc) is 2.83. The molecule has 0 atom stereocenters. The van der Waals surface area contributed by atoms with Crippen molar-refractivity contribution in [1.29, 1.82) is 0 Å². The molecule has 1 aromatic heterocycles. The van der Waals surface area contributed by atoms with Crippen molar-refractivity contribution < 1.29 is 9.53 Å². The van der Waals surface area contributed by atoms with E-state index in [1.807, 2.05) is 30.3 Å². The number of esters is 1. The summed E-state index contributed by atoms with van der Waals surface area (Å²) >= 11 is 0. The Bertz CT molecular complexity index is 564. The van der Waals surface area contributed by atoms with E-state index < -0.39 is 0 Å². The Hall–Kier alpha value is -2.14. The fourth-order valence-corrected chi connectivity index (χ4v) is 2.10. The van der Waals surface area contributed by atoms with Gasteiger partial charge in [-0.2, -0.15) is 5.10 Å². The fraction of sp³-hybridized carbons (Fsp3) is 0.333. The summed E-state index contributed by atoms with van der Waals surface area (Å²) < 4.78 is 6.73. The lowest BCUT2D eigenvalue weighted by Gasteiger charge is -2.08. The van der Waals surface area contributed by atoms with Crippen molar-refractivity contribution in [2.24, 2.45) is 5.73 Å². The molecule has 0 aliphatic rings. The lowest BCUT2D eigenvalue weighted by Crippen LogP contribution is -2.19. The molecular weight excluding hydrogens is 254 g/mol. The van der Waals surface area contributed by atoms with Gasteiger partial charge in [0.1, 0.15) is 5.69 Å². The van der Waals surface area contributed by atoms with Crippen molar-refractivity contribution in [1.82, 2.24) is 9.78 Å². The van der Waals surface area contributed by atoms with Gasteiger partial charge in [-0.3, -0.25) is 4.68 Å². The normalized spacial score (nSPS) is 10.5. The zero-order chi connectivity index (χ0) is 14.4. The second kappa shape index (κ2) is 6.86. The number of carbonyl (C=O) groups excluding carboxylic acids is 1. The first-order valence-electron chi connectivity index (χ1n) is 6.72. The van der Waals surface area contributed by atoms with Crippen LogP contribution in [-0.4, -0.2) is 28.9 Å². The van der Waals surface area contributed by atoms with Gasteiger partial charge in [-0.25, -0.2) is 4.79 Å². The molecule has 106 valence electrons. The van der Waals surface area contributed by atoms with Gasteiger partial charge in [0, 0.05) is 18.5 Å². The van der Waals surface area contributed by atoms with E-state index in [4.69, 9.17) is 10.5 Å². The predicted molar refractivity (Wildman–Crippen MR) is 76.5 cm³/mol. The Labute approximate surface area is 118 Å². The van der Waals surface area contributed by atoms with Gasteiger partial charge < -0.3 is 10.5 Å². The van der Waals surface area contributed by atoms with Gasteiger partial charge in [0.2, 0.25) is 0 Å². The number of hydrogen-bond acceptors (Lipinski definition) is 4. The van der Waals surface area contributed by atoms with Crippen molar-refractivity contribution in [3.05, 3.63) is 53.3 Å². The van der Waals surface area contributed by atoms with Gasteiger partial charge in [-0.15, -0.1) is 0 Å². The number of aromatic nitrogens is 2. The number of ether oxygens (including phenoxy) is 1. The molecule has 1 aromatic carbocycles. The number of nitrogens with zero attached hydrogens (tertiary/aromatic N) is 2. The molecule has 0 fully saturated rings. The van der Waals surface area contributed by atoms with E-state index in [9.17, 15) is 4.79 Å². The summed E-state index contributed by atoms with van der Waals surface area (Å²) in [4.78, 5) is 12.1. The van der Waals surface area contributed by atoms with Crippen molar-refractivity contribution in [3.8, 4) is 0 Å². The van der Waals surface area contributed by atoms with Gasteiger partial charge in [0.15, 0.2) is 0 Å². The number of hydrogen-bond donors (Lipinski definition) is 1. The SMILES string of the molecule is CCOC(=O)c1c(Cc2ccccc2)cnn1CCN. The first-order valence-corrected chi connectivity index (χ1v) is 6.72. The molecular formula is C15H19N3O2. The molecule has 0 saturated carbocycles. The topological polar surface area (TPSA) is 70.1 Å². The van der Waals surface area contributed by atoms with E-state index >= 15 is 0 Å². The van der Waals surface area contributed by atoms with E-state index in [2.05, 4.69) is 5.10 Å². The molecule has 2 N–H and O–H groups in total. The molecule has 0 bridgehead atoms. The molecule has 0 spiro atoms. The standard InChI is InChI=1S/C15H19N3O2/c1-2-20-15(19)14-13(11-17-18(14)9-8-16)10-12-6-4-3-5-7-12/h3-7,11H,2,8-10,16H2,1H3. The van der Waals surface area contributed by atoms with E-state index in [0.29, 0.717) is 31.8 Å². The minimum atomic E-state index is -0.343. The van der Waals surface area contributed by atoms with Gasteiger partial charge in [-0.1, -0.05) is 30.3 Å². The molecule has 5 nitrogen and oxygen atoms in total. The van der Waals surface area contributed by atoms with Crippen molar-refractivity contribution in [2.75, 3.05) is 13.2 Å². The molecule has 20 heavy (non-hydrogen) atoms. The van der Waals surface area contributed by atoms with Gasteiger partial charge in [0.25, 0.3) is 0 Å². The fourth-order valence-electron chi connectivity index (χ4n) is 2.10. The zero-order valence-corrected chi connectivity index (χ0v) is 11.6. The van der Waals surface area contributed by atoms with Gasteiger partial charge in [-0.05, 0) is 12.5 Å². The molecule has 0 radical (unpaired) electrons. The Balaban J connectivity index is 2.30. The van der Waals surface area contributed by atoms with Crippen LogP contribution < -0.4 is 5.73 Å². The average molecular weight is 273 g/mol. The summed E-state index contributed by atoms with van der Waals surface area (Å²) in [7, 11) is 0. The highest BCUT2D eigenvalue weighted by Gasteiger charge is 2.19. The van der Waals surface area contributed by atoms with Crippen LogP contribution in [0.5, 0.6) is 0 Å². The summed E-state index contributed by atoms with van der Waals surface area (Å²) in [6.07, 6.45) is 2.37. The van der Waals surface area contributed by atoms with Crippen molar-refractivity contribution >= 4 is 5.97 Å². The summed E-state index contributed by atoms with van der Waals surface area (Å²) in [5, 5.41) is 4.24. The smallest absolute Gasteiger partial charge is 0.356 e. The molecule has 2 aromatic rings.